The first-order chi connectivity index (χ1) is 4.90. The van der Waals surface area contributed by atoms with Crippen LogP contribution in [0, 0.1) is 11.8 Å². The third kappa shape index (κ3) is 0.944. The zero-order valence-electron chi connectivity index (χ0n) is 6.34. The van der Waals surface area contributed by atoms with Crippen LogP contribution in [0.25, 0.3) is 0 Å². The van der Waals surface area contributed by atoms with Crippen LogP contribution in [0.5, 0.6) is 0 Å². The molecule has 2 saturated heterocycles. The van der Waals surface area contributed by atoms with Crippen molar-refractivity contribution in [2.75, 3.05) is 33.3 Å². The number of hydroxylamine groups is 2. The predicted octanol–water partition coefficient (Wildman–Crippen LogP) is -0.301. The fourth-order valence-corrected chi connectivity index (χ4v) is 1.96. The van der Waals surface area contributed by atoms with Gasteiger partial charge >= 0.3 is 0 Å². The van der Waals surface area contributed by atoms with Crippen LogP contribution in [0.4, 0.5) is 0 Å². The van der Waals surface area contributed by atoms with Gasteiger partial charge in [0.25, 0.3) is 0 Å². The second-order valence-electron chi connectivity index (χ2n) is 3.21. The maximum absolute atomic E-state index is 5.15. The second-order valence-corrected chi connectivity index (χ2v) is 3.21. The van der Waals surface area contributed by atoms with Gasteiger partial charge in [-0.05, 0) is 24.9 Å². The Balaban J connectivity index is 1.94. The number of hydrogen-bond acceptors (Lipinski definition) is 3. The number of rotatable bonds is 1. The molecule has 3 heteroatoms. The van der Waals surface area contributed by atoms with E-state index in [1.54, 1.807) is 7.11 Å². The number of hydrogen-bond donors (Lipinski definition) is 1. The highest BCUT2D eigenvalue weighted by Crippen LogP contribution is 2.25. The van der Waals surface area contributed by atoms with E-state index < -0.39 is 0 Å². The molecule has 0 bridgehead atoms. The van der Waals surface area contributed by atoms with Crippen molar-refractivity contribution in [2.45, 2.75) is 0 Å². The van der Waals surface area contributed by atoms with Gasteiger partial charge < -0.3 is 10.2 Å². The molecule has 0 saturated carbocycles. The van der Waals surface area contributed by atoms with E-state index in [2.05, 4.69) is 10.4 Å². The Labute approximate surface area is 61.3 Å². The van der Waals surface area contributed by atoms with Gasteiger partial charge in [0.15, 0.2) is 0 Å². The Morgan fingerprint density at radius 2 is 1.90 bits per heavy atom. The quantitative estimate of drug-likeness (QED) is 0.544. The van der Waals surface area contributed by atoms with Crippen molar-refractivity contribution in [2.24, 2.45) is 11.8 Å². The molecule has 0 aromatic rings. The average Bonchev–Trinajstić information content (AvgIpc) is 2.42. The second kappa shape index (κ2) is 2.49. The zero-order valence-corrected chi connectivity index (χ0v) is 6.34. The summed E-state index contributed by atoms with van der Waals surface area (Å²) in [5, 5.41) is 5.45. The third-order valence-electron chi connectivity index (χ3n) is 2.61. The molecule has 58 valence electrons. The van der Waals surface area contributed by atoms with Gasteiger partial charge in [-0.3, -0.25) is 0 Å². The Bertz CT molecular complexity index is 117. The molecule has 0 amide bonds. The maximum atomic E-state index is 5.15. The molecule has 2 heterocycles. The Hall–Kier alpha value is -0.120. The molecule has 0 unspecified atom stereocenters. The molecule has 2 fully saturated rings. The highest BCUT2D eigenvalue weighted by Gasteiger charge is 2.36. The lowest BCUT2D eigenvalue weighted by Crippen LogP contribution is -2.24. The van der Waals surface area contributed by atoms with Gasteiger partial charge in [0.2, 0.25) is 0 Å². The first kappa shape index (κ1) is 6.58. The highest BCUT2D eigenvalue weighted by molar-refractivity contribution is 4.88. The summed E-state index contributed by atoms with van der Waals surface area (Å²) in [6.45, 7) is 4.61. The van der Waals surface area contributed by atoms with Gasteiger partial charge in [0, 0.05) is 13.1 Å². The summed E-state index contributed by atoms with van der Waals surface area (Å²) in [5.41, 5.74) is 0. The van der Waals surface area contributed by atoms with Crippen molar-refractivity contribution >= 4 is 0 Å². The summed E-state index contributed by atoms with van der Waals surface area (Å²) in [5.74, 6) is 1.69. The molecule has 0 aromatic heterocycles. The van der Waals surface area contributed by atoms with Crippen molar-refractivity contribution in [3.63, 3.8) is 0 Å². The van der Waals surface area contributed by atoms with Crippen LogP contribution >= 0.6 is 0 Å². The summed E-state index contributed by atoms with van der Waals surface area (Å²) >= 11 is 0. The molecule has 2 aliphatic heterocycles. The van der Waals surface area contributed by atoms with E-state index in [4.69, 9.17) is 4.84 Å². The Morgan fingerprint density at radius 3 is 2.40 bits per heavy atom. The fourth-order valence-electron chi connectivity index (χ4n) is 1.96. The molecule has 10 heavy (non-hydrogen) atoms. The molecule has 2 aliphatic rings. The van der Waals surface area contributed by atoms with Crippen molar-refractivity contribution in [3.8, 4) is 0 Å². The largest absolute Gasteiger partial charge is 0.316 e. The van der Waals surface area contributed by atoms with Gasteiger partial charge in [-0.2, -0.15) is 5.06 Å². The van der Waals surface area contributed by atoms with E-state index in [-0.39, 0.29) is 0 Å². The summed E-state index contributed by atoms with van der Waals surface area (Å²) in [4.78, 5) is 5.15. The van der Waals surface area contributed by atoms with Gasteiger partial charge in [0.05, 0.1) is 7.11 Å². The molecule has 3 nitrogen and oxygen atoms in total. The van der Waals surface area contributed by atoms with E-state index in [9.17, 15) is 0 Å². The average molecular weight is 142 g/mol. The van der Waals surface area contributed by atoms with Gasteiger partial charge in [-0.25, -0.2) is 0 Å². The standard InChI is InChI=1S/C7H14N2O/c1-10-9-4-6-2-8-3-7(6)5-9/h6-8H,2-5H2,1H3/t6-,7+. The topological polar surface area (TPSA) is 24.5 Å². The van der Waals surface area contributed by atoms with Crippen molar-refractivity contribution in [1.82, 2.24) is 10.4 Å². The maximum Gasteiger partial charge on any atom is 0.0575 e. The molecular formula is C7H14N2O. The lowest BCUT2D eigenvalue weighted by molar-refractivity contribution is -0.117. The number of nitrogens with one attached hydrogen (secondary N) is 1. The summed E-state index contributed by atoms with van der Waals surface area (Å²) in [6.07, 6.45) is 0. The first-order valence-corrected chi connectivity index (χ1v) is 3.90. The van der Waals surface area contributed by atoms with E-state index in [1.807, 2.05) is 0 Å². The smallest absolute Gasteiger partial charge is 0.0575 e. The Kier molecular flexibility index (Phi) is 1.64. The van der Waals surface area contributed by atoms with Crippen molar-refractivity contribution < 1.29 is 4.84 Å². The highest BCUT2D eigenvalue weighted by atomic mass is 16.7. The summed E-state index contributed by atoms with van der Waals surface area (Å²) < 4.78 is 0. The number of nitrogens with zero attached hydrogens (tertiary/aromatic N) is 1. The lowest BCUT2D eigenvalue weighted by atomic mass is 10.0. The minimum atomic E-state index is 0.847. The molecule has 1 N–H and O–H groups in total. The predicted molar refractivity (Wildman–Crippen MR) is 38.4 cm³/mol. The van der Waals surface area contributed by atoms with Crippen LogP contribution in [-0.2, 0) is 4.84 Å². The van der Waals surface area contributed by atoms with Crippen molar-refractivity contribution in [1.29, 1.82) is 0 Å². The van der Waals surface area contributed by atoms with E-state index >= 15 is 0 Å². The van der Waals surface area contributed by atoms with Crippen LogP contribution < -0.4 is 5.32 Å². The van der Waals surface area contributed by atoms with Crippen LogP contribution in [0.2, 0.25) is 0 Å². The van der Waals surface area contributed by atoms with Crippen LogP contribution in [0.1, 0.15) is 0 Å². The molecule has 0 spiro atoms. The molecule has 0 aromatic carbocycles. The van der Waals surface area contributed by atoms with Crippen LogP contribution in [-0.4, -0.2) is 38.4 Å². The van der Waals surface area contributed by atoms with Crippen LogP contribution in [0.15, 0.2) is 0 Å². The number of fused-ring (bicyclic) bond motifs is 1. The van der Waals surface area contributed by atoms with Gasteiger partial charge in [-0.15, -0.1) is 0 Å². The zero-order chi connectivity index (χ0) is 6.97. The Morgan fingerprint density at radius 1 is 1.30 bits per heavy atom. The lowest BCUT2D eigenvalue weighted by Gasteiger charge is -2.12. The minimum Gasteiger partial charge on any atom is -0.316 e. The molecule has 2 rings (SSSR count). The molecule has 0 aliphatic carbocycles. The van der Waals surface area contributed by atoms with E-state index in [1.165, 1.54) is 13.1 Å². The SMILES string of the molecule is CON1C[C@H]2CNC[C@H]2C1. The first-order valence-electron chi connectivity index (χ1n) is 3.90. The summed E-state index contributed by atoms with van der Waals surface area (Å²) in [7, 11) is 1.76. The van der Waals surface area contributed by atoms with Gasteiger partial charge in [-0.1, -0.05) is 0 Å². The fraction of sp³-hybridized carbons (Fsp3) is 1.00. The van der Waals surface area contributed by atoms with Gasteiger partial charge in [0.1, 0.15) is 0 Å². The van der Waals surface area contributed by atoms with Crippen LogP contribution in [0.3, 0.4) is 0 Å². The van der Waals surface area contributed by atoms with E-state index in [0.29, 0.717) is 0 Å². The summed E-state index contributed by atoms with van der Waals surface area (Å²) in [6, 6.07) is 0. The monoisotopic (exact) mass is 142 g/mol. The normalized spacial score (nSPS) is 40.5. The molecule has 0 radical (unpaired) electrons. The van der Waals surface area contributed by atoms with Crippen molar-refractivity contribution in [3.05, 3.63) is 0 Å². The molecular weight excluding hydrogens is 128 g/mol. The minimum absolute atomic E-state index is 0.847. The molecule has 2 atom stereocenters. The third-order valence-corrected chi connectivity index (χ3v) is 2.61. The van der Waals surface area contributed by atoms with E-state index in [0.717, 1.165) is 24.9 Å².